The third-order valence-corrected chi connectivity index (χ3v) is 4.96. The summed E-state index contributed by atoms with van der Waals surface area (Å²) in [6, 6.07) is 0.0523. The molecule has 3 heterocycles. The molecule has 0 aromatic rings. The van der Waals surface area contributed by atoms with Gasteiger partial charge in [-0.25, -0.2) is 0 Å². The van der Waals surface area contributed by atoms with Crippen molar-refractivity contribution < 1.29 is 19.1 Å². The van der Waals surface area contributed by atoms with Gasteiger partial charge in [-0.3, -0.25) is 9.59 Å². The van der Waals surface area contributed by atoms with Crippen LogP contribution in [0.5, 0.6) is 0 Å². The van der Waals surface area contributed by atoms with E-state index in [1.165, 1.54) is 0 Å². The van der Waals surface area contributed by atoms with E-state index in [4.69, 9.17) is 9.47 Å². The van der Waals surface area contributed by atoms with Crippen LogP contribution in [0, 0.1) is 0 Å². The van der Waals surface area contributed by atoms with Crippen LogP contribution in [0.25, 0.3) is 0 Å². The van der Waals surface area contributed by atoms with Crippen molar-refractivity contribution in [1.29, 1.82) is 0 Å². The maximum absolute atomic E-state index is 12.6. The van der Waals surface area contributed by atoms with Gasteiger partial charge >= 0.3 is 0 Å². The van der Waals surface area contributed by atoms with E-state index in [2.05, 4.69) is 0 Å². The van der Waals surface area contributed by atoms with Gasteiger partial charge in [0.05, 0.1) is 0 Å². The molecule has 6 nitrogen and oxygen atoms in total. The highest BCUT2D eigenvalue weighted by Gasteiger charge is 2.40. The highest BCUT2D eigenvalue weighted by molar-refractivity contribution is 5.84. The van der Waals surface area contributed by atoms with Gasteiger partial charge in [0.25, 0.3) is 11.8 Å². The van der Waals surface area contributed by atoms with Crippen LogP contribution in [0.3, 0.4) is 0 Å². The molecule has 0 N–H and O–H groups in total. The summed E-state index contributed by atoms with van der Waals surface area (Å²) in [7, 11) is 0. The Hall–Kier alpha value is -1.14. The fourth-order valence-corrected chi connectivity index (χ4v) is 3.66. The van der Waals surface area contributed by atoms with Gasteiger partial charge in [-0.05, 0) is 39.5 Å². The fraction of sp³-hybridized carbons (Fsp3) is 0.875. The van der Waals surface area contributed by atoms with Crippen LogP contribution in [0.4, 0.5) is 0 Å². The predicted molar refractivity (Wildman–Crippen MR) is 80.3 cm³/mol. The van der Waals surface area contributed by atoms with Crippen molar-refractivity contribution in [2.75, 3.05) is 26.3 Å². The van der Waals surface area contributed by atoms with Gasteiger partial charge in [-0.1, -0.05) is 0 Å². The van der Waals surface area contributed by atoms with Gasteiger partial charge in [-0.15, -0.1) is 0 Å². The molecular weight excluding hydrogens is 284 g/mol. The lowest BCUT2D eigenvalue weighted by atomic mass is 10.0. The lowest BCUT2D eigenvalue weighted by Crippen LogP contribution is -2.62. The minimum absolute atomic E-state index is 0.0262. The molecule has 0 aliphatic carbocycles. The van der Waals surface area contributed by atoms with Crippen LogP contribution in [-0.2, 0) is 19.1 Å². The molecule has 3 aliphatic rings. The summed E-state index contributed by atoms with van der Waals surface area (Å²) in [6.07, 6.45) is 2.98. The zero-order chi connectivity index (χ0) is 15.7. The third-order valence-electron chi connectivity index (χ3n) is 4.96. The minimum Gasteiger partial charge on any atom is -0.368 e. The van der Waals surface area contributed by atoms with Crippen LogP contribution in [0.2, 0.25) is 0 Å². The number of carbonyl (C=O) groups is 2. The quantitative estimate of drug-likeness (QED) is 0.757. The maximum Gasteiger partial charge on any atom is 0.252 e. The molecule has 0 radical (unpaired) electrons. The van der Waals surface area contributed by atoms with Crippen LogP contribution in [-0.4, -0.2) is 72.2 Å². The Morgan fingerprint density at radius 3 is 1.55 bits per heavy atom. The van der Waals surface area contributed by atoms with Crippen molar-refractivity contribution in [2.24, 2.45) is 0 Å². The molecule has 0 saturated carbocycles. The van der Waals surface area contributed by atoms with Gasteiger partial charge < -0.3 is 19.3 Å². The van der Waals surface area contributed by atoms with Crippen molar-refractivity contribution in [1.82, 2.24) is 9.80 Å². The third kappa shape index (κ3) is 2.99. The zero-order valence-electron chi connectivity index (χ0n) is 13.5. The van der Waals surface area contributed by atoms with Crippen molar-refractivity contribution in [3.63, 3.8) is 0 Å². The van der Waals surface area contributed by atoms with E-state index in [1.54, 1.807) is 0 Å². The smallest absolute Gasteiger partial charge is 0.252 e. The molecule has 6 heteroatoms. The average Bonchev–Trinajstić information content (AvgIpc) is 3.20. The second-order valence-electron chi connectivity index (χ2n) is 6.68. The van der Waals surface area contributed by atoms with E-state index in [0.29, 0.717) is 26.3 Å². The molecule has 3 aliphatic heterocycles. The van der Waals surface area contributed by atoms with E-state index in [1.807, 2.05) is 23.6 Å². The van der Waals surface area contributed by atoms with Gasteiger partial charge in [0.1, 0.15) is 12.2 Å². The molecule has 124 valence electrons. The molecular formula is C16H26N2O4. The van der Waals surface area contributed by atoms with Crippen molar-refractivity contribution in [2.45, 2.75) is 63.8 Å². The van der Waals surface area contributed by atoms with Gasteiger partial charge in [0.15, 0.2) is 0 Å². The Kier molecular flexibility index (Phi) is 4.68. The number of ether oxygens (including phenoxy) is 2. The number of hydrogen-bond donors (Lipinski definition) is 0. The van der Waals surface area contributed by atoms with E-state index in [0.717, 1.165) is 25.7 Å². The van der Waals surface area contributed by atoms with Crippen LogP contribution >= 0.6 is 0 Å². The first-order valence-electron chi connectivity index (χ1n) is 8.42. The SMILES string of the molecule is C[C@@H]1CN(C(=O)[C@H]2CCCO2)[C@@H](C)CN1C(=O)[C@@H]1CCCO1. The summed E-state index contributed by atoms with van der Waals surface area (Å²) in [5.41, 5.74) is 0. The van der Waals surface area contributed by atoms with Crippen LogP contribution in [0.1, 0.15) is 39.5 Å². The first-order valence-corrected chi connectivity index (χ1v) is 8.42. The molecule has 4 atom stereocenters. The standard InChI is InChI=1S/C16H26N2O4/c1-11-9-18(16(20)14-6-4-8-22-14)12(2)10-17(11)15(19)13-5-3-7-21-13/h11-14H,3-10H2,1-2H3/t11-,12+,13+,14-. The Labute approximate surface area is 131 Å². The number of hydrogen-bond acceptors (Lipinski definition) is 4. The molecule has 0 bridgehead atoms. The second-order valence-corrected chi connectivity index (χ2v) is 6.68. The number of nitrogens with zero attached hydrogens (tertiary/aromatic N) is 2. The summed E-state index contributed by atoms with van der Waals surface area (Å²) in [5.74, 6) is 0.169. The molecule has 3 fully saturated rings. The largest absolute Gasteiger partial charge is 0.368 e. The second kappa shape index (κ2) is 6.54. The van der Waals surface area contributed by atoms with Crippen LogP contribution in [0.15, 0.2) is 0 Å². The lowest BCUT2D eigenvalue weighted by Gasteiger charge is -2.45. The topological polar surface area (TPSA) is 59.1 Å². The zero-order valence-corrected chi connectivity index (χ0v) is 13.5. The van der Waals surface area contributed by atoms with E-state index < -0.39 is 0 Å². The summed E-state index contributed by atoms with van der Waals surface area (Å²) in [6.45, 7) is 6.54. The first kappa shape index (κ1) is 15.7. The number of amides is 2. The van der Waals surface area contributed by atoms with Crippen molar-refractivity contribution >= 4 is 11.8 Å². The van der Waals surface area contributed by atoms with E-state index in [-0.39, 0.29) is 36.1 Å². The Morgan fingerprint density at radius 2 is 1.23 bits per heavy atom. The van der Waals surface area contributed by atoms with E-state index in [9.17, 15) is 9.59 Å². The lowest BCUT2D eigenvalue weighted by molar-refractivity contribution is -0.155. The van der Waals surface area contributed by atoms with E-state index >= 15 is 0 Å². The molecule has 0 spiro atoms. The fourth-order valence-electron chi connectivity index (χ4n) is 3.66. The number of carbonyl (C=O) groups excluding carboxylic acids is 2. The predicted octanol–water partition coefficient (Wildman–Crippen LogP) is 0.792. The highest BCUT2D eigenvalue weighted by atomic mass is 16.5. The molecule has 3 saturated heterocycles. The van der Waals surface area contributed by atoms with Crippen LogP contribution < -0.4 is 0 Å². The minimum atomic E-state index is -0.282. The van der Waals surface area contributed by atoms with Gasteiger partial charge in [0.2, 0.25) is 0 Å². The average molecular weight is 310 g/mol. The molecule has 0 aromatic carbocycles. The normalized spacial score (nSPS) is 35.9. The summed E-state index contributed by atoms with van der Waals surface area (Å²) in [5, 5.41) is 0. The number of piperazine rings is 1. The highest BCUT2D eigenvalue weighted by Crippen LogP contribution is 2.23. The molecule has 22 heavy (non-hydrogen) atoms. The summed E-state index contributed by atoms with van der Waals surface area (Å²) in [4.78, 5) is 28.9. The maximum atomic E-state index is 12.6. The Balaban J connectivity index is 1.63. The molecule has 0 unspecified atom stereocenters. The molecule has 0 aromatic heterocycles. The van der Waals surface area contributed by atoms with Gasteiger partial charge in [-0.2, -0.15) is 0 Å². The van der Waals surface area contributed by atoms with Gasteiger partial charge in [0, 0.05) is 38.4 Å². The summed E-state index contributed by atoms with van der Waals surface area (Å²) < 4.78 is 11.0. The first-order chi connectivity index (χ1) is 10.6. The van der Waals surface area contributed by atoms with Crippen molar-refractivity contribution in [3.05, 3.63) is 0 Å². The summed E-state index contributed by atoms with van der Waals surface area (Å²) >= 11 is 0. The molecule has 3 rings (SSSR count). The Bertz CT molecular complexity index is 390. The number of rotatable bonds is 2. The van der Waals surface area contributed by atoms with Crippen molar-refractivity contribution in [3.8, 4) is 0 Å². The Morgan fingerprint density at radius 1 is 0.818 bits per heavy atom. The molecule has 2 amide bonds. The monoisotopic (exact) mass is 310 g/mol.